The fourth-order valence-electron chi connectivity index (χ4n) is 3.05. The van der Waals surface area contributed by atoms with Gasteiger partial charge in [-0.15, -0.1) is 0 Å². The van der Waals surface area contributed by atoms with Crippen LogP contribution >= 0.6 is 11.6 Å². The van der Waals surface area contributed by atoms with Crippen molar-refractivity contribution in [2.75, 3.05) is 5.32 Å². The summed E-state index contributed by atoms with van der Waals surface area (Å²) in [5.41, 5.74) is 2.28. The number of nitrogens with zero attached hydrogens (tertiary/aromatic N) is 2. The first kappa shape index (κ1) is 14.9. The largest absolute Gasteiger partial charge is 0.310 e. The molecule has 120 valence electrons. The van der Waals surface area contributed by atoms with Gasteiger partial charge in [0.25, 0.3) is 0 Å². The monoisotopic (exact) mass is 341 g/mol. The Morgan fingerprint density at radius 1 is 1.21 bits per heavy atom. The first-order chi connectivity index (χ1) is 11.6. The third-order valence-electron chi connectivity index (χ3n) is 4.15. The molecular weight excluding hydrogens is 329 g/mol. The number of nitrogens with one attached hydrogen (secondary N) is 1. The Hall–Kier alpha value is -2.66. The van der Waals surface area contributed by atoms with Gasteiger partial charge in [-0.1, -0.05) is 35.9 Å². The van der Waals surface area contributed by atoms with Gasteiger partial charge in [0.1, 0.15) is 11.6 Å². The average molecular weight is 342 g/mol. The predicted octanol–water partition coefficient (Wildman–Crippen LogP) is 4.14. The molecule has 0 spiro atoms. The van der Waals surface area contributed by atoms with Gasteiger partial charge in [0, 0.05) is 17.9 Å². The molecule has 1 amide bonds. The maximum Gasteiger partial charge on any atom is 0.226 e. The molecule has 0 aliphatic carbocycles. The van der Waals surface area contributed by atoms with Crippen molar-refractivity contribution in [3.05, 3.63) is 76.7 Å². The molecule has 4 rings (SSSR count). The Morgan fingerprint density at radius 2 is 2.04 bits per heavy atom. The second-order valence-corrected chi connectivity index (χ2v) is 6.08. The minimum absolute atomic E-state index is 0.134. The molecule has 1 aliphatic rings. The highest BCUT2D eigenvalue weighted by atomic mass is 35.5. The number of hydrogen-bond donors (Lipinski definition) is 1. The molecule has 1 unspecified atom stereocenters. The molecule has 2 heterocycles. The number of aromatic nitrogens is 2. The van der Waals surface area contributed by atoms with Gasteiger partial charge in [0.05, 0.1) is 16.9 Å². The molecule has 4 nitrogen and oxygen atoms in total. The summed E-state index contributed by atoms with van der Waals surface area (Å²) in [5, 5.41) is 7.78. The van der Waals surface area contributed by atoms with Crippen molar-refractivity contribution in [2.45, 2.75) is 12.3 Å². The van der Waals surface area contributed by atoms with Crippen LogP contribution in [0.2, 0.25) is 5.02 Å². The molecule has 1 N–H and O–H groups in total. The summed E-state index contributed by atoms with van der Waals surface area (Å²) < 4.78 is 15.2. The molecule has 24 heavy (non-hydrogen) atoms. The van der Waals surface area contributed by atoms with Crippen LogP contribution in [-0.4, -0.2) is 15.7 Å². The molecule has 1 aliphatic heterocycles. The Bertz CT molecular complexity index is 938. The number of fused-ring (bicyclic) bond motifs is 1. The lowest BCUT2D eigenvalue weighted by Gasteiger charge is -2.24. The zero-order chi connectivity index (χ0) is 16.7. The van der Waals surface area contributed by atoms with E-state index >= 15 is 0 Å². The van der Waals surface area contributed by atoms with Crippen LogP contribution in [0.25, 0.3) is 5.69 Å². The van der Waals surface area contributed by atoms with Crippen LogP contribution < -0.4 is 5.32 Å². The van der Waals surface area contributed by atoms with E-state index in [1.165, 1.54) is 12.1 Å². The number of carbonyl (C=O) groups excluding carboxylic acids is 1. The summed E-state index contributed by atoms with van der Waals surface area (Å²) in [6, 6.07) is 13.6. The number of hydrogen-bond acceptors (Lipinski definition) is 2. The van der Waals surface area contributed by atoms with Crippen LogP contribution in [0, 0.1) is 5.82 Å². The first-order valence-electron chi connectivity index (χ1n) is 7.51. The van der Waals surface area contributed by atoms with Gasteiger partial charge < -0.3 is 5.32 Å². The van der Waals surface area contributed by atoms with Crippen LogP contribution in [0.15, 0.2) is 54.7 Å². The average Bonchev–Trinajstić information content (AvgIpc) is 2.98. The van der Waals surface area contributed by atoms with Gasteiger partial charge in [-0.25, -0.2) is 9.07 Å². The lowest BCUT2D eigenvalue weighted by molar-refractivity contribution is -0.116. The number of para-hydroxylation sites is 1. The van der Waals surface area contributed by atoms with E-state index in [1.54, 1.807) is 23.0 Å². The number of carbonyl (C=O) groups is 1. The number of halogens is 2. The maximum atomic E-state index is 13.6. The predicted molar refractivity (Wildman–Crippen MR) is 90.1 cm³/mol. The second kappa shape index (κ2) is 5.76. The minimum atomic E-state index is -0.321. The Balaban J connectivity index is 1.85. The van der Waals surface area contributed by atoms with Gasteiger partial charge in [0.2, 0.25) is 5.91 Å². The van der Waals surface area contributed by atoms with Crippen molar-refractivity contribution < 1.29 is 9.18 Å². The molecule has 1 aromatic heterocycles. The highest BCUT2D eigenvalue weighted by Gasteiger charge is 2.30. The van der Waals surface area contributed by atoms with E-state index in [-0.39, 0.29) is 24.1 Å². The zero-order valence-electron chi connectivity index (χ0n) is 12.5. The normalized spacial score (nSPS) is 16.6. The quantitative estimate of drug-likeness (QED) is 0.761. The van der Waals surface area contributed by atoms with Crippen molar-refractivity contribution >= 4 is 23.3 Å². The molecule has 0 bridgehead atoms. The SMILES string of the molecule is O=C1CC(c2cccc(F)c2)c2cnn(-c3ccccc3Cl)c2N1. The van der Waals surface area contributed by atoms with Crippen molar-refractivity contribution in [3.8, 4) is 5.69 Å². The van der Waals surface area contributed by atoms with E-state index < -0.39 is 0 Å². The Labute approximate surface area is 142 Å². The van der Waals surface area contributed by atoms with Crippen LogP contribution in [0.5, 0.6) is 0 Å². The summed E-state index contributed by atoms with van der Waals surface area (Å²) in [5.74, 6) is -0.113. The van der Waals surface area contributed by atoms with E-state index in [1.807, 2.05) is 24.3 Å². The highest BCUT2D eigenvalue weighted by Crippen LogP contribution is 2.38. The van der Waals surface area contributed by atoms with Crippen molar-refractivity contribution in [3.63, 3.8) is 0 Å². The van der Waals surface area contributed by atoms with Gasteiger partial charge >= 0.3 is 0 Å². The topological polar surface area (TPSA) is 46.9 Å². The Morgan fingerprint density at radius 3 is 2.83 bits per heavy atom. The van der Waals surface area contributed by atoms with E-state index in [0.29, 0.717) is 16.5 Å². The molecule has 0 saturated carbocycles. The summed E-state index contributed by atoms with van der Waals surface area (Å²) in [4.78, 5) is 12.2. The Kier molecular flexibility index (Phi) is 3.58. The molecule has 6 heteroatoms. The van der Waals surface area contributed by atoms with Crippen molar-refractivity contribution in [1.29, 1.82) is 0 Å². The summed E-state index contributed by atoms with van der Waals surface area (Å²) in [7, 11) is 0. The van der Waals surface area contributed by atoms with Crippen LogP contribution in [-0.2, 0) is 4.79 Å². The number of benzene rings is 2. The number of anilines is 1. The lowest BCUT2D eigenvalue weighted by Crippen LogP contribution is -2.24. The fourth-order valence-corrected chi connectivity index (χ4v) is 3.26. The van der Waals surface area contributed by atoms with Gasteiger partial charge in [-0.2, -0.15) is 5.10 Å². The molecular formula is C18H13ClFN3O. The van der Waals surface area contributed by atoms with Crippen molar-refractivity contribution in [2.24, 2.45) is 0 Å². The van der Waals surface area contributed by atoms with E-state index in [2.05, 4.69) is 10.4 Å². The van der Waals surface area contributed by atoms with Gasteiger partial charge in [-0.05, 0) is 29.8 Å². The van der Waals surface area contributed by atoms with Crippen LogP contribution in [0.3, 0.4) is 0 Å². The molecule has 0 radical (unpaired) electrons. The van der Waals surface area contributed by atoms with E-state index in [0.717, 1.165) is 11.1 Å². The highest BCUT2D eigenvalue weighted by molar-refractivity contribution is 6.32. The maximum absolute atomic E-state index is 13.6. The first-order valence-corrected chi connectivity index (χ1v) is 7.89. The molecule has 0 saturated heterocycles. The molecule has 1 atom stereocenters. The molecule has 2 aromatic carbocycles. The third kappa shape index (κ3) is 2.47. The standard InChI is InChI=1S/C18H13ClFN3O/c19-15-6-1-2-7-16(15)23-18-14(10-21-23)13(9-17(24)22-18)11-4-3-5-12(20)8-11/h1-8,10,13H,9H2,(H,22,24). The molecule has 3 aromatic rings. The fraction of sp³-hybridized carbons (Fsp3) is 0.111. The summed E-state index contributed by atoms with van der Waals surface area (Å²) >= 11 is 6.25. The second-order valence-electron chi connectivity index (χ2n) is 5.67. The lowest BCUT2D eigenvalue weighted by atomic mass is 9.87. The van der Waals surface area contributed by atoms with Crippen LogP contribution in [0.4, 0.5) is 10.2 Å². The summed E-state index contributed by atoms with van der Waals surface area (Å²) in [6.07, 6.45) is 1.96. The van der Waals surface area contributed by atoms with E-state index in [9.17, 15) is 9.18 Å². The summed E-state index contributed by atoms with van der Waals surface area (Å²) in [6.45, 7) is 0. The van der Waals surface area contributed by atoms with Crippen molar-refractivity contribution in [1.82, 2.24) is 9.78 Å². The number of amides is 1. The minimum Gasteiger partial charge on any atom is -0.310 e. The molecule has 0 fully saturated rings. The van der Waals surface area contributed by atoms with E-state index in [4.69, 9.17) is 11.6 Å². The van der Waals surface area contributed by atoms with Gasteiger partial charge in [-0.3, -0.25) is 4.79 Å². The van der Waals surface area contributed by atoms with Gasteiger partial charge in [0.15, 0.2) is 0 Å². The zero-order valence-corrected chi connectivity index (χ0v) is 13.3. The smallest absolute Gasteiger partial charge is 0.226 e. The number of rotatable bonds is 2. The third-order valence-corrected chi connectivity index (χ3v) is 4.47. The van der Waals surface area contributed by atoms with Crippen LogP contribution in [0.1, 0.15) is 23.5 Å².